The summed E-state index contributed by atoms with van der Waals surface area (Å²) in [6, 6.07) is 4.95. The molecule has 0 saturated heterocycles. The summed E-state index contributed by atoms with van der Waals surface area (Å²) in [6.45, 7) is 5.33. The van der Waals surface area contributed by atoms with Gasteiger partial charge >= 0.3 is 0 Å². The molecule has 0 heterocycles. The number of amides is 1. The van der Waals surface area contributed by atoms with E-state index in [4.69, 9.17) is 11.6 Å². The summed E-state index contributed by atoms with van der Waals surface area (Å²) in [5, 5.41) is 3.18. The summed E-state index contributed by atoms with van der Waals surface area (Å²) in [4.78, 5) is 12.0. The number of carbonyl (C=O) groups is 1. The average Bonchev–Trinajstić information content (AvgIpc) is 2.37. The van der Waals surface area contributed by atoms with Crippen molar-refractivity contribution in [2.24, 2.45) is 0 Å². The number of halogens is 1. The van der Waals surface area contributed by atoms with Crippen LogP contribution >= 0.6 is 11.6 Å². The Morgan fingerprint density at radius 2 is 2.05 bits per heavy atom. The van der Waals surface area contributed by atoms with Gasteiger partial charge in [0.15, 0.2) is 0 Å². The van der Waals surface area contributed by atoms with Gasteiger partial charge in [-0.3, -0.25) is 9.10 Å². The molecule has 21 heavy (non-hydrogen) atoms. The molecule has 0 fully saturated rings. The molecule has 1 rings (SSSR count). The van der Waals surface area contributed by atoms with Gasteiger partial charge in [-0.05, 0) is 38.0 Å². The molecule has 0 aliphatic carbocycles. The molecule has 5 nitrogen and oxygen atoms in total. The Hall–Kier alpha value is -1.27. The number of rotatable bonds is 6. The van der Waals surface area contributed by atoms with Crippen LogP contribution in [0.3, 0.4) is 0 Å². The molecule has 1 aromatic rings. The molecule has 1 amide bonds. The van der Waals surface area contributed by atoms with E-state index < -0.39 is 10.0 Å². The van der Waals surface area contributed by atoms with Gasteiger partial charge in [0, 0.05) is 11.1 Å². The van der Waals surface area contributed by atoms with Crippen molar-refractivity contribution in [3.05, 3.63) is 28.8 Å². The van der Waals surface area contributed by atoms with Gasteiger partial charge in [-0.15, -0.1) is 0 Å². The highest BCUT2D eigenvalue weighted by Gasteiger charge is 2.23. The normalized spacial score (nSPS) is 12.8. The number of sulfonamides is 1. The van der Waals surface area contributed by atoms with Crippen molar-refractivity contribution in [3.63, 3.8) is 0 Å². The van der Waals surface area contributed by atoms with Gasteiger partial charge in [-0.2, -0.15) is 0 Å². The van der Waals surface area contributed by atoms with Crippen LogP contribution < -0.4 is 9.62 Å². The summed E-state index contributed by atoms with van der Waals surface area (Å²) in [6.07, 6.45) is 1.85. The third-order valence-electron chi connectivity index (χ3n) is 3.15. The number of nitrogens with zero attached hydrogens (tertiary/aromatic N) is 1. The Kier molecular flexibility index (Phi) is 6.04. The molecular formula is C14H21ClN2O3S. The van der Waals surface area contributed by atoms with Crippen LogP contribution in [-0.4, -0.2) is 33.2 Å². The second kappa shape index (κ2) is 7.13. The number of nitrogens with one attached hydrogen (secondary N) is 1. The molecule has 1 atom stereocenters. The van der Waals surface area contributed by atoms with Crippen molar-refractivity contribution < 1.29 is 13.2 Å². The van der Waals surface area contributed by atoms with Crippen molar-refractivity contribution in [2.45, 2.75) is 33.2 Å². The number of hydrogen-bond acceptors (Lipinski definition) is 3. The monoisotopic (exact) mass is 332 g/mol. The van der Waals surface area contributed by atoms with Crippen LogP contribution in [0.1, 0.15) is 25.8 Å². The van der Waals surface area contributed by atoms with Gasteiger partial charge in [0.1, 0.15) is 6.54 Å². The molecule has 1 N–H and O–H groups in total. The van der Waals surface area contributed by atoms with Crippen LogP contribution in [0, 0.1) is 6.92 Å². The number of aryl methyl sites for hydroxylation is 1. The van der Waals surface area contributed by atoms with Crippen LogP contribution in [0.15, 0.2) is 18.2 Å². The molecule has 0 bridgehead atoms. The Morgan fingerprint density at radius 3 is 2.57 bits per heavy atom. The second-order valence-electron chi connectivity index (χ2n) is 5.08. The lowest BCUT2D eigenvalue weighted by Gasteiger charge is -2.24. The maximum absolute atomic E-state index is 12.0. The number of anilines is 1. The summed E-state index contributed by atoms with van der Waals surface area (Å²) < 4.78 is 25.1. The standard InChI is InChI=1S/C14H21ClN2O3S/c1-5-11(3)16-14(18)9-17(21(4,19)20)13-8-12(15)7-6-10(13)2/h6-8,11H,5,9H2,1-4H3,(H,16,18)/t11-/m0/s1. The van der Waals surface area contributed by atoms with Crippen molar-refractivity contribution in [1.82, 2.24) is 5.32 Å². The van der Waals surface area contributed by atoms with E-state index >= 15 is 0 Å². The van der Waals surface area contributed by atoms with E-state index in [0.717, 1.165) is 22.5 Å². The van der Waals surface area contributed by atoms with E-state index in [1.807, 2.05) is 13.8 Å². The molecule has 0 aliphatic rings. The van der Waals surface area contributed by atoms with Crippen molar-refractivity contribution in [1.29, 1.82) is 0 Å². The number of benzene rings is 1. The highest BCUT2D eigenvalue weighted by atomic mass is 35.5. The molecule has 0 unspecified atom stereocenters. The fraction of sp³-hybridized carbons (Fsp3) is 0.500. The Bertz CT molecular complexity index is 617. The van der Waals surface area contributed by atoms with E-state index in [9.17, 15) is 13.2 Å². The number of carbonyl (C=O) groups excluding carboxylic acids is 1. The highest BCUT2D eigenvalue weighted by Crippen LogP contribution is 2.26. The maximum atomic E-state index is 12.0. The Balaban J connectivity index is 3.08. The van der Waals surface area contributed by atoms with Crippen molar-refractivity contribution >= 4 is 33.2 Å². The van der Waals surface area contributed by atoms with E-state index in [0.29, 0.717) is 10.7 Å². The summed E-state index contributed by atoms with van der Waals surface area (Å²) in [7, 11) is -3.58. The van der Waals surface area contributed by atoms with E-state index in [-0.39, 0.29) is 18.5 Å². The Labute approximate surface area is 131 Å². The van der Waals surface area contributed by atoms with E-state index in [1.54, 1.807) is 25.1 Å². The molecule has 0 saturated carbocycles. The first-order valence-corrected chi connectivity index (χ1v) is 8.91. The first kappa shape index (κ1) is 17.8. The lowest BCUT2D eigenvalue weighted by atomic mass is 10.2. The predicted molar refractivity (Wildman–Crippen MR) is 86.3 cm³/mol. The van der Waals surface area contributed by atoms with Crippen molar-refractivity contribution in [3.8, 4) is 0 Å². The van der Waals surface area contributed by atoms with Gasteiger partial charge in [0.2, 0.25) is 15.9 Å². The zero-order chi connectivity index (χ0) is 16.2. The van der Waals surface area contributed by atoms with Crippen LogP contribution in [0.4, 0.5) is 5.69 Å². The molecular weight excluding hydrogens is 312 g/mol. The quantitative estimate of drug-likeness (QED) is 0.869. The lowest BCUT2D eigenvalue weighted by Crippen LogP contribution is -2.43. The zero-order valence-corrected chi connectivity index (χ0v) is 14.3. The van der Waals surface area contributed by atoms with E-state index in [2.05, 4.69) is 5.32 Å². The van der Waals surface area contributed by atoms with Crippen LogP contribution in [0.5, 0.6) is 0 Å². The first-order valence-electron chi connectivity index (χ1n) is 6.68. The van der Waals surface area contributed by atoms with Crippen molar-refractivity contribution in [2.75, 3.05) is 17.1 Å². The fourth-order valence-electron chi connectivity index (χ4n) is 1.79. The first-order chi connectivity index (χ1) is 9.65. The highest BCUT2D eigenvalue weighted by molar-refractivity contribution is 7.92. The largest absolute Gasteiger partial charge is 0.352 e. The summed E-state index contributed by atoms with van der Waals surface area (Å²) in [5.41, 5.74) is 1.16. The lowest BCUT2D eigenvalue weighted by molar-refractivity contribution is -0.120. The maximum Gasteiger partial charge on any atom is 0.240 e. The third-order valence-corrected chi connectivity index (χ3v) is 4.51. The minimum absolute atomic E-state index is 0.000585. The van der Waals surface area contributed by atoms with Gasteiger partial charge in [-0.1, -0.05) is 24.6 Å². The van der Waals surface area contributed by atoms with Crippen LogP contribution in [0.2, 0.25) is 5.02 Å². The third kappa shape index (κ3) is 5.21. The topological polar surface area (TPSA) is 66.5 Å². The summed E-state index contributed by atoms with van der Waals surface area (Å²) in [5.74, 6) is -0.339. The molecule has 0 spiro atoms. The smallest absolute Gasteiger partial charge is 0.240 e. The Morgan fingerprint density at radius 1 is 1.43 bits per heavy atom. The molecule has 118 valence electrons. The summed E-state index contributed by atoms with van der Waals surface area (Å²) >= 11 is 5.93. The average molecular weight is 333 g/mol. The number of hydrogen-bond donors (Lipinski definition) is 1. The van der Waals surface area contributed by atoms with Gasteiger partial charge < -0.3 is 5.32 Å². The molecule has 1 aromatic carbocycles. The van der Waals surface area contributed by atoms with E-state index in [1.165, 1.54) is 0 Å². The van der Waals surface area contributed by atoms with Crippen LogP contribution in [0.25, 0.3) is 0 Å². The molecule has 7 heteroatoms. The van der Waals surface area contributed by atoms with Crippen LogP contribution in [-0.2, 0) is 14.8 Å². The van der Waals surface area contributed by atoms with Gasteiger partial charge in [0.05, 0.1) is 11.9 Å². The minimum Gasteiger partial charge on any atom is -0.352 e. The zero-order valence-electron chi connectivity index (χ0n) is 12.7. The SMILES string of the molecule is CC[C@H](C)NC(=O)CN(c1cc(Cl)ccc1C)S(C)(=O)=O. The fourth-order valence-corrected chi connectivity index (χ4v) is 2.86. The molecule has 0 aromatic heterocycles. The minimum atomic E-state index is -3.58. The van der Waals surface area contributed by atoms with Gasteiger partial charge in [-0.25, -0.2) is 8.42 Å². The van der Waals surface area contributed by atoms with Gasteiger partial charge in [0.25, 0.3) is 0 Å². The predicted octanol–water partition coefficient (Wildman–Crippen LogP) is 2.33. The molecule has 0 aliphatic heterocycles. The second-order valence-corrected chi connectivity index (χ2v) is 7.42. The molecule has 0 radical (unpaired) electrons.